The van der Waals surface area contributed by atoms with Crippen molar-refractivity contribution in [2.75, 3.05) is 0 Å². The number of hydrogen-bond acceptors (Lipinski definition) is 2. The van der Waals surface area contributed by atoms with Crippen LogP contribution in [-0.2, 0) is 6.61 Å². The average molecular weight is 312 g/mol. The minimum Gasteiger partial charge on any atom is -0.488 e. The molecule has 3 nitrogen and oxygen atoms in total. The van der Waals surface area contributed by atoms with Crippen molar-refractivity contribution in [2.24, 2.45) is 0 Å². The largest absolute Gasteiger partial charge is 0.488 e. The van der Waals surface area contributed by atoms with Gasteiger partial charge in [0.15, 0.2) is 0 Å². The zero-order chi connectivity index (χ0) is 15.4. The number of halogens is 1. The Hall–Kier alpha value is -2.52. The lowest BCUT2D eigenvalue weighted by molar-refractivity contribution is 0.307. The second-order valence-electron chi connectivity index (χ2n) is 4.84. The number of ether oxygens (including phenoxy) is 1. The molecule has 1 aromatic heterocycles. The summed E-state index contributed by atoms with van der Waals surface area (Å²) < 4.78 is 5.89. The molecule has 22 heavy (non-hydrogen) atoms. The van der Waals surface area contributed by atoms with Gasteiger partial charge in [-0.15, -0.1) is 0 Å². The van der Waals surface area contributed by atoms with Crippen LogP contribution in [0, 0.1) is 0 Å². The fraction of sp³-hybridized carbons (Fsp3) is 0.0556. The molecule has 0 atom stereocenters. The van der Waals surface area contributed by atoms with E-state index in [0.717, 1.165) is 11.1 Å². The summed E-state index contributed by atoms with van der Waals surface area (Å²) in [5, 5.41) is 0.590. The van der Waals surface area contributed by atoms with E-state index in [1.807, 2.05) is 42.5 Å². The molecule has 0 aliphatic heterocycles. The van der Waals surface area contributed by atoms with Gasteiger partial charge in [0.1, 0.15) is 12.4 Å². The van der Waals surface area contributed by atoms with Crippen molar-refractivity contribution in [2.45, 2.75) is 6.61 Å². The second-order valence-corrected chi connectivity index (χ2v) is 5.28. The van der Waals surface area contributed by atoms with Gasteiger partial charge in [-0.2, -0.15) is 0 Å². The summed E-state index contributed by atoms with van der Waals surface area (Å²) in [7, 11) is 0. The van der Waals surface area contributed by atoms with Crippen molar-refractivity contribution in [3.63, 3.8) is 0 Å². The third-order valence-electron chi connectivity index (χ3n) is 3.24. The van der Waals surface area contributed by atoms with Crippen molar-refractivity contribution in [1.82, 2.24) is 4.98 Å². The number of rotatable bonds is 4. The van der Waals surface area contributed by atoms with Gasteiger partial charge in [-0.3, -0.25) is 4.79 Å². The molecule has 0 fully saturated rings. The van der Waals surface area contributed by atoms with E-state index in [4.69, 9.17) is 16.3 Å². The number of hydrogen-bond donors (Lipinski definition) is 1. The van der Waals surface area contributed by atoms with Gasteiger partial charge in [-0.05, 0) is 29.8 Å². The van der Waals surface area contributed by atoms with Crippen LogP contribution in [0.5, 0.6) is 5.75 Å². The highest BCUT2D eigenvalue weighted by atomic mass is 35.5. The number of benzene rings is 2. The van der Waals surface area contributed by atoms with Gasteiger partial charge < -0.3 is 9.72 Å². The summed E-state index contributed by atoms with van der Waals surface area (Å²) in [6.07, 6.45) is 0. The Morgan fingerprint density at radius 3 is 2.55 bits per heavy atom. The molecule has 0 amide bonds. The van der Waals surface area contributed by atoms with Crippen LogP contribution in [0.1, 0.15) is 5.56 Å². The average Bonchev–Trinajstić information content (AvgIpc) is 2.54. The maximum atomic E-state index is 11.5. The predicted octanol–water partition coefficient (Wildman–Crippen LogP) is 4.27. The maximum Gasteiger partial charge on any atom is 0.248 e. The van der Waals surface area contributed by atoms with Crippen molar-refractivity contribution in [3.8, 4) is 17.0 Å². The quantitative estimate of drug-likeness (QED) is 0.781. The zero-order valence-corrected chi connectivity index (χ0v) is 12.5. The summed E-state index contributed by atoms with van der Waals surface area (Å²) in [5.41, 5.74) is 2.36. The Morgan fingerprint density at radius 2 is 1.77 bits per heavy atom. The van der Waals surface area contributed by atoms with Crippen LogP contribution >= 0.6 is 11.6 Å². The molecular weight excluding hydrogens is 298 g/mol. The van der Waals surface area contributed by atoms with E-state index in [9.17, 15) is 4.79 Å². The summed E-state index contributed by atoms with van der Waals surface area (Å²) in [4.78, 5) is 14.3. The molecule has 2 aromatic carbocycles. The number of aromatic amines is 1. The molecule has 0 aliphatic rings. The minimum absolute atomic E-state index is 0.161. The molecule has 0 aliphatic carbocycles. The Labute approximate surface area is 133 Å². The van der Waals surface area contributed by atoms with Crippen molar-refractivity contribution < 1.29 is 4.74 Å². The highest BCUT2D eigenvalue weighted by Crippen LogP contribution is 2.31. The van der Waals surface area contributed by atoms with E-state index < -0.39 is 0 Å². The summed E-state index contributed by atoms with van der Waals surface area (Å²) in [6, 6.07) is 20.3. The van der Waals surface area contributed by atoms with Crippen molar-refractivity contribution in [1.29, 1.82) is 0 Å². The van der Waals surface area contributed by atoms with Crippen LogP contribution in [0.2, 0.25) is 5.02 Å². The highest BCUT2D eigenvalue weighted by molar-refractivity contribution is 6.30. The van der Waals surface area contributed by atoms with Crippen LogP contribution in [-0.4, -0.2) is 4.98 Å². The van der Waals surface area contributed by atoms with Gasteiger partial charge in [-0.1, -0.05) is 48.0 Å². The van der Waals surface area contributed by atoms with E-state index in [1.54, 1.807) is 18.2 Å². The Morgan fingerprint density at radius 1 is 0.955 bits per heavy atom. The first-order valence-electron chi connectivity index (χ1n) is 6.88. The third kappa shape index (κ3) is 3.38. The molecule has 4 heteroatoms. The molecular formula is C18H14ClNO2. The second kappa shape index (κ2) is 6.50. The topological polar surface area (TPSA) is 42.1 Å². The molecule has 3 aromatic rings. The van der Waals surface area contributed by atoms with Crippen molar-refractivity contribution in [3.05, 3.63) is 87.7 Å². The normalized spacial score (nSPS) is 10.4. The van der Waals surface area contributed by atoms with E-state index in [0.29, 0.717) is 23.1 Å². The van der Waals surface area contributed by atoms with Crippen LogP contribution < -0.4 is 10.3 Å². The van der Waals surface area contributed by atoms with Gasteiger partial charge in [0.05, 0.1) is 5.69 Å². The van der Waals surface area contributed by atoms with Crippen molar-refractivity contribution >= 4 is 11.6 Å². The molecule has 0 radical (unpaired) electrons. The lowest BCUT2D eigenvalue weighted by atomic mass is 10.1. The first kappa shape index (κ1) is 14.4. The molecule has 0 unspecified atom stereocenters. The first-order chi connectivity index (χ1) is 10.7. The van der Waals surface area contributed by atoms with E-state index in [1.165, 1.54) is 6.07 Å². The van der Waals surface area contributed by atoms with Gasteiger partial charge in [0.25, 0.3) is 0 Å². The van der Waals surface area contributed by atoms with E-state index in [-0.39, 0.29) is 5.56 Å². The summed E-state index contributed by atoms with van der Waals surface area (Å²) >= 11 is 6.08. The first-order valence-corrected chi connectivity index (χ1v) is 7.26. The number of H-pyrrole nitrogens is 1. The van der Waals surface area contributed by atoms with Gasteiger partial charge in [0, 0.05) is 16.7 Å². The SMILES string of the molecule is O=c1cccc(-c2cc(Cl)ccc2OCc2ccccc2)[nH]1. The third-order valence-corrected chi connectivity index (χ3v) is 3.47. The number of aromatic nitrogens is 1. The molecule has 1 N–H and O–H groups in total. The molecule has 0 bridgehead atoms. The van der Waals surface area contributed by atoms with Crippen LogP contribution in [0.15, 0.2) is 71.5 Å². The van der Waals surface area contributed by atoms with E-state index >= 15 is 0 Å². The smallest absolute Gasteiger partial charge is 0.248 e. The van der Waals surface area contributed by atoms with E-state index in [2.05, 4.69) is 4.98 Å². The van der Waals surface area contributed by atoms with Crippen LogP contribution in [0.25, 0.3) is 11.3 Å². The Kier molecular flexibility index (Phi) is 4.26. The van der Waals surface area contributed by atoms with Crippen LogP contribution in [0.4, 0.5) is 0 Å². The minimum atomic E-state index is -0.161. The highest BCUT2D eigenvalue weighted by Gasteiger charge is 2.08. The molecule has 110 valence electrons. The molecule has 0 saturated heterocycles. The Bertz CT molecular complexity index is 828. The fourth-order valence-electron chi connectivity index (χ4n) is 2.18. The van der Waals surface area contributed by atoms with Crippen LogP contribution in [0.3, 0.4) is 0 Å². The maximum absolute atomic E-state index is 11.5. The lowest BCUT2D eigenvalue weighted by Crippen LogP contribution is -2.04. The monoisotopic (exact) mass is 311 g/mol. The zero-order valence-electron chi connectivity index (χ0n) is 11.8. The number of pyridine rings is 1. The molecule has 0 saturated carbocycles. The standard InChI is InChI=1S/C18H14ClNO2/c19-14-9-10-17(22-12-13-5-2-1-3-6-13)15(11-14)16-7-4-8-18(21)20-16/h1-11H,12H2,(H,20,21). The van der Waals surface area contributed by atoms with Gasteiger partial charge >= 0.3 is 0 Å². The van der Waals surface area contributed by atoms with Gasteiger partial charge in [0.2, 0.25) is 5.56 Å². The van der Waals surface area contributed by atoms with Gasteiger partial charge in [-0.25, -0.2) is 0 Å². The number of nitrogens with one attached hydrogen (secondary N) is 1. The molecule has 0 spiro atoms. The molecule has 3 rings (SSSR count). The fourth-order valence-corrected chi connectivity index (χ4v) is 2.35. The lowest BCUT2D eigenvalue weighted by Gasteiger charge is -2.12. The summed E-state index contributed by atoms with van der Waals surface area (Å²) in [6.45, 7) is 0.451. The summed E-state index contributed by atoms with van der Waals surface area (Å²) in [5.74, 6) is 0.676. The Balaban J connectivity index is 1.93. The molecule has 1 heterocycles. The predicted molar refractivity (Wildman–Crippen MR) is 88.3 cm³/mol.